The van der Waals surface area contributed by atoms with Gasteiger partial charge in [0.25, 0.3) is 0 Å². The van der Waals surface area contributed by atoms with Crippen molar-refractivity contribution in [2.24, 2.45) is 0 Å². The average molecular weight is 295 g/mol. The summed E-state index contributed by atoms with van der Waals surface area (Å²) in [7, 11) is 0. The maximum absolute atomic E-state index is 5.95. The van der Waals surface area contributed by atoms with Crippen molar-refractivity contribution in [1.82, 2.24) is 14.6 Å². The molecule has 2 aromatic rings. The number of nitrogen functional groups attached to an aromatic ring is 1. The Balaban J connectivity index is 2.03. The summed E-state index contributed by atoms with van der Waals surface area (Å²) in [6.07, 6.45) is 8.25. The van der Waals surface area contributed by atoms with Crippen LogP contribution in [0, 0.1) is 0 Å². The molecule has 0 spiro atoms. The lowest BCUT2D eigenvalue weighted by Crippen LogP contribution is -2.06. The van der Waals surface area contributed by atoms with Crippen LogP contribution < -0.4 is 5.73 Å². The third-order valence-corrected chi connectivity index (χ3v) is 3.85. The Bertz CT molecular complexity index is 543. The normalized spacial score (nSPS) is 17.7. The van der Waals surface area contributed by atoms with E-state index in [1.807, 2.05) is 12.3 Å². The second kappa shape index (κ2) is 4.29. The van der Waals surface area contributed by atoms with Gasteiger partial charge in [-0.05, 0) is 34.8 Å². The average Bonchev–Trinajstić information content (AvgIpc) is 2.74. The van der Waals surface area contributed by atoms with Crippen molar-refractivity contribution in [2.45, 2.75) is 38.0 Å². The first-order valence-electron chi connectivity index (χ1n) is 6.05. The summed E-state index contributed by atoms with van der Waals surface area (Å²) < 4.78 is 2.71. The Hall–Kier alpha value is -1.10. The minimum Gasteiger partial charge on any atom is -0.396 e. The summed E-state index contributed by atoms with van der Waals surface area (Å²) in [5.74, 6) is 1.47. The summed E-state index contributed by atoms with van der Waals surface area (Å²) in [5.41, 5.74) is 7.39. The first kappa shape index (κ1) is 11.0. The van der Waals surface area contributed by atoms with Gasteiger partial charge in [0.05, 0.1) is 5.69 Å². The molecule has 0 atom stereocenters. The predicted molar refractivity (Wildman–Crippen MR) is 70.9 cm³/mol. The molecule has 1 aliphatic rings. The number of nitrogens with zero attached hydrogens (tertiary/aromatic N) is 3. The number of halogens is 1. The highest BCUT2D eigenvalue weighted by Crippen LogP contribution is 2.31. The Labute approximate surface area is 108 Å². The van der Waals surface area contributed by atoms with E-state index in [-0.39, 0.29) is 0 Å². The molecular weight excluding hydrogens is 280 g/mol. The lowest BCUT2D eigenvalue weighted by atomic mass is 9.89. The molecular formula is C12H15BrN4. The monoisotopic (exact) mass is 294 g/mol. The molecule has 0 amide bonds. The number of anilines is 1. The van der Waals surface area contributed by atoms with Crippen molar-refractivity contribution in [3.63, 3.8) is 0 Å². The smallest absolute Gasteiger partial charge is 0.178 e. The number of hydrogen-bond donors (Lipinski definition) is 1. The lowest BCUT2D eigenvalue weighted by Gasteiger charge is -2.17. The number of nitrogens with two attached hydrogens (primary N) is 1. The van der Waals surface area contributed by atoms with E-state index >= 15 is 0 Å². The van der Waals surface area contributed by atoms with Gasteiger partial charge in [-0.1, -0.05) is 19.3 Å². The highest BCUT2D eigenvalue weighted by atomic mass is 79.9. The molecule has 1 aliphatic carbocycles. The first-order valence-corrected chi connectivity index (χ1v) is 6.84. The maximum Gasteiger partial charge on any atom is 0.178 e. The zero-order valence-electron chi connectivity index (χ0n) is 9.56. The first-order chi connectivity index (χ1) is 8.24. The van der Waals surface area contributed by atoms with Crippen molar-refractivity contribution in [2.75, 3.05) is 5.73 Å². The minimum atomic E-state index is 0.516. The van der Waals surface area contributed by atoms with Gasteiger partial charge in [0.1, 0.15) is 0 Å². The quantitative estimate of drug-likeness (QED) is 0.879. The molecule has 2 aromatic heterocycles. The molecule has 0 unspecified atom stereocenters. The SMILES string of the molecule is Nc1cc(Br)cn2nc(C3CCCCC3)nc12. The summed E-state index contributed by atoms with van der Waals surface area (Å²) in [6.45, 7) is 0. The largest absolute Gasteiger partial charge is 0.396 e. The van der Waals surface area contributed by atoms with E-state index in [0.717, 1.165) is 15.9 Å². The summed E-state index contributed by atoms with van der Waals surface area (Å²) in [4.78, 5) is 4.58. The second-order valence-electron chi connectivity index (χ2n) is 4.69. The van der Waals surface area contributed by atoms with Gasteiger partial charge in [-0.25, -0.2) is 9.50 Å². The molecule has 0 bridgehead atoms. The van der Waals surface area contributed by atoms with Crippen LogP contribution in [0.1, 0.15) is 43.8 Å². The van der Waals surface area contributed by atoms with Crippen molar-refractivity contribution >= 4 is 27.3 Å². The molecule has 5 heteroatoms. The van der Waals surface area contributed by atoms with Gasteiger partial charge < -0.3 is 5.73 Å². The molecule has 0 aromatic carbocycles. The molecule has 17 heavy (non-hydrogen) atoms. The highest BCUT2D eigenvalue weighted by Gasteiger charge is 2.20. The van der Waals surface area contributed by atoms with Crippen LogP contribution in [0.15, 0.2) is 16.7 Å². The van der Waals surface area contributed by atoms with Gasteiger partial charge in [0.15, 0.2) is 11.5 Å². The van der Waals surface area contributed by atoms with E-state index in [2.05, 4.69) is 26.0 Å². The standard InChI is InChI=1S/C12H15BrN4/c13-9-6-10(14)12-15-11(16-17(12)7-9)8-4-2-1-3-5-8/h6-8H,1-5,14H2. The van der Waals surface area contributed by atoms with Crippen LogP contribution in [0.25, 0.3) is 5.65 Å². The van der Waals surface area contributed by atoms with Crippen LogP contribution in [-0.4, -0.2) is 14.6 Å². The van der Waals surface area contributed by atoms with E-state index < -0.39 is 0 Å². The number of pyridine rings is 1. The molecule has 4 nitrogen and oxygen atoms in total. The molecule has 90 valence electrons. The Morgan fingerprint density at radius 2 is 2.06 bits per heavy atom. The fourth-order valence-electron chi connectivity index (χ4n) is 2.53. The Morgan fingerprint density at radius 1 is 1.29 bits per heavy atom. The number of rotatable bonds is 1. The van der Waals surface area contributed by atoms with Crippen LogP contribution in [-0.2, 0) is 0 Å². The molecule has 0 aliphatic heterocycles. The number of hydrogen-bond acceptors (Lipinski definition) is 3. The zero-order chi connectivity index (χ0) is 11.8. The molecule has 1 saturated carbocycles. The lowest BCUT2D eigenvalue weighted by molar-refractivity contribution is 0.429. The van der Waals surface area contributed by atoms with E-state index in [1.165, 1.54) is 32.1 Å². The van der Waals surface area contributed by atoms with Crippen molar-refractivity contribution in [3.05, 3.63) is 22.6 Å². The third kappa shape index (κ3) is 2.04. The van der Waals surface area contributed by atoms with Gasteiger partial charge in [-0.3, -0.25) is 0 Å². The van der Waals surface area contributed by atoms with Crippen LogP contribution in [0.2, 0.25) is 0 Å². The highest BCUT2D eigenvalue weighted by molar-refractivity contribution is 9.10. The second-order valence-corrected chi connectivity index (χ2v) is 5.60. The molecule has 3 rings (SSSR count). The molecule has 2 N–H and O–H groups in total. The van der Waals surface area contributed by atoms with Gasteiger partial charge in [0.2, 0.25) is 0 Å². The van der Waals surface area contributed by atoms with E-state index in [0.29, 0.717) is 11.6 Å². The van der Waals surface area contributed by atoms with E-state index in [1.54, 1.807) is 4.52 Å². The van der Waals surface area contributed by atoms with Crippen molar-refractivity contribution < 1.29 is 0 Å². The minimum absolute atomic E-state index is 0.516. The van der Waals surface area contributed by atoms with Crippen LogP contribution >= 0.6 is 15.9 Å². The van der Waals surface area contributed by atoms with E-state index in [4.69, 9.17) is 5.73 Å². The van der Waals surface area contributed by atoms with Gasteiger partial charge in [-0.2, -0.15) is 5.10 Å². The van der Waals surface area contributed by atoms with Crippen molar-refractivity contribution in [1.29, 1.82) is 0 Å². The molecule has 0 radical (unpaired) electrons. The molecule has 1 fully saturated rings. The van der Waals surface area contributed by atoms with E-state index in [9.17, 15) is 0 Å². The number of fused-ring (bicyclic) bond motifs is 1. The van der Waals surface area contributed by atoms with Gasteiger partial charge >= 0.3 is 0 Å². The maximum atomic E-state index is 5.95. The summed E-state index contributed by atoms with van der Waals surface area (Å²) >= 11 is 3.42. The van der Waals surface area contributed by atoms with Crippen LogP contribution in [0.5, 0.6) is 0 Å². The third-order valence-electron chi connectivity index (χ3n) is 3.42. The fraction of sp³-hybridized carbons (Fsp3) is 0.500. The summed E-state index contributed by atoms with van der Waals surface area (Å²) in [5, 5.41) is 4.55. The topological polar surface area (TPSA) is 56.2 Å². The molecule has 2 heterocycles. The Kier molecular flexibility index (Phi) is 2.78. The number of aromatic nitrogens is 3. The van der Waals surface area contributed by atoms with Crippen molar-refractivity contribution in [3.8, 4) is 0 Å². The Morgan fingerprint density at radius 3 is 2.82 bits per heavy atom. The van der Waals surface area contributed by atoms with Crippen LogP contribution in [0.4, 0.5) is 5.69 Å². The fourth-order valence-corrected chi connectivity index (χ4v) is 2.97. The molecule has 0 saturated heterocycles. The van der Waals surface area contributed by atoms with Gasteiger partial charge in [0, 0.05) is 16.6 Å². The van der Waals surface area contributed by atoms with Crippen LogP contribution in [0.3, 0.4) is 0 Å². The summed E-state index contributed by atoms with van der Waals surface area (Å²) in [6, 6.07) is 1.87. The van der Waals surface area contributed by atoms with Gasteiger partial charge in [-0.15, -0.1) is 0 Å². The zero-order valence-corrected chi connectivity index (χ0v) is 11.2. The predicted octanol–water partition coefficient (Wildman–Crippen LogP) is 3.12.